The van der Waals surface area contributed by atoms with Gasteiger partial charge in [-0.25, -0.2) is 4.79 Å². The molecule has 1 aliphatic rings. The van der Waals surface area contributed by atoms with Crippen molar-refractivity contribution in [2.75, 3.05) is 13.7 Å². The molecule has 0 N–H and O–H groups in total. The van der Waals surface area contributed by atoms with Crippen LogP contribution in [0, 0.1) is 6.92 Å². The first-order chi connectivity index (χ1) is 12.5. The Hall–Kier alpha value is -2.35. The molecule has 0 amide bonds. The van der Waals surface area contributed by atoms with Gasteiger partial charge in [0, 0.05) is 32.1 Å². The van der Waals surface area contributed by atoms with Gasteiger partial charge in [0.15, 0.2) is 11.2 Å². The van der Waals surface area contributed by atoms with Gasteiger partial charge in [-0.1, -0.05) is 19.3 Å². The lowest BCUT2D eigenvalue weighted by Crippen LogP contribution is -2.40. The van der Waals surface area contributed by atoms with E-state index in [0.29, 0.717) is 23.8 Å². The van der Waals surface area contributed by atoms with Crippen LogP contribution in [-0.2, 0) is 18.3 Å². The van der Waals surface area contributed by atoms with Crippen molar-refractivity contribution in [2.45, 2.75) is 51.6 Å². The predicted octanol–water partition coefficient (Wildman–Crippen LogP) is 1.61. The fourth-order valence-corrected chi connectivity index (χ4v) is 4.20. The molecule has 0 atom stereocenters. The highest BCUT2D eigenvalue weighted by Crippen LogP contribution is 2.31. The van der Waals surface area contributed by atoms with Crippen molar-refractivity contribution in [3.8, 4) is 0 Å². The number of hydrogen-bond acceptors (Lipinski definition) is 4. The molecular formula is C18H25N5O3. The van der Waals surface area contributed by atoms with E-state index >= 15 is 0 Å². The molecule has 0 aromatic carbocycles. The molecule has 0 bridgehead atoms. The number of aryl methyl sites for hydroxylation is 2. The topological polar surface area (TPSA) is 75.5 Å². The van der Waals surface area contributed by atoms with Crippen LogP contribution in [0.15, 0.2) is 15.8 Å². The molecule has 1 aliphatic carbocycles. The average Bonchev–Trinajstić information content (AvgIpc) is 3.15. The van der Waals surface area contributed by atoms with E-state index in [-0.39, 0.29) is 17.8 Å². The second-order valence-electron chi connectivity index (χ2n) is 7.18. The van der Waals surface area contributed by atoms with E-state index in [1.54, 1.807) is 14.2 Å². The second kappa shape index (κ2) is 6.42. The molecule has 3 aromatic rings. The molecule has 1 saturated carbocycles. The smallest absolute Gasteiger partial charge is 0.332 e. The summed E-state index contributed by atoms with van der Waals surface area (Å²) >= 11 is 0. The Balaban J connectivity index is 2.00. The van der Waals surface area contributed by atoms with Gasteiger partial charge in [0.2, 0.25) is 5.78 Å². The highest BCUT2D eigenvalue weighted by molar-refractivity contribution is 5.75. The summed E-state index contributed by atoms with van der Waals surface area (Å²) in [6.07, 6.45) is 7.94. The zero-order chi connectivity index (χ0) is 18.4. The van der Waals surface area contributed by atoms with E-state index in [9.17, 15) is 9.59 Å². The maximum absolute atomic E-state index is 13.0. The van der Waals surface area contributed by atoms with Crippen molar-refractivity contribution in [1.29, 1.82) is 0 Å². The molecule has 0 radical (unpaired) electrons. The van der Waals surface area contributed by atoms with Crippen LogP contribution in [0.25, 0.3) is 16.9 Å². The lowest BCUT2D eigenvalue weighted by molar-refractivity contribution is 0.184. The molecule has 140 valence electrons. The number of hydrogen-bond donors (Lipinski definition) is 0. The summed E-state index contributed by atoms with van der Waals surface area (Å²) in [5, 5.41) is 0. The van der Waals surface area contributed by atoms with E-state index in [0.717, 1.165) is 24.3 Å². The van der Waals surface area contributed by atoms with Gasteiger partial charge >= 0.3 is 5.69 Å². The fraction of sp³-hybridized carbons (Fsp3) is 0.611. The van der Waals surface area contributed by atoms with Crippen LogP contribution in [0.2, 0.25) is 0 Å². The number of imidazole rings is 2. The van der Waals surface area contributed by atoms with Crippen molar-refractivity contribution >= 4 is 16.9 Å². The predicted molar refractivity (Wildman–Crippen MR) is 98.9 cm³/mol. The molecule has 26 heavy (non-hydrogen) atoms. The first-order valence-corrected chi connectivity index (χ1v) is 9.23. The number of rotatable bonds is 4. The zero-order valence-electron chi connectivity index (χ0n) is 15.6. The Morgan fingerprint density at radius 2 is 1.96 bits per heavy atom. The number of aromatic nitrogens is 5. The minimum Gasteiger partial charge on any atom is -0.383 e. The third kappa shape index (κ3) is 2.43. The molecule has 0 unspecified atom stereocenters. The average molecular weight is 359 g/mol. The molecular weight excluding hydrogens is 334 g/mol. The van der Waals surface area contributed by atoms with Crippen LogP contribution in [0.3, 0.4) is 0 Å². The molecule has 8 heteroatoms. The molecule has 0 spiro atoms. The van der Waals surface area contributed by atoms with Crippen LogP contribution in [-0.4, -0.2) is 36.8 Å². The third-order valence-electron chi connectivity index (χ3n) is 5.53. The maximum atomic E-state index is 13.0. The second-order valence-corrected chi connectivity index (χ2v) is 7.18. The van der Waals surface area contributed by atoms with E-state index in [4.69, 9.17) is 9.72 Å². The van der Waals surface area contributed by atoms with Crippen molar-refractivity contribution in [3.05, 3.63) is 32.7 Å². The third-order valence-corrected chi connectivity index (χ3v) is 5.53. The van der Waals surface area contributed by atoms with Gasteiger partial charge in [0.1, 0.15) is 0 Å². The SMILES string of the molecule is COCCn1c(=O)c2c(nc3n(C4CCCCC4)c(C)cn23)n(C)c1=O. The molecule has 0 aliphatic heterocycles. The number of ether oxygens (including phenoxy) is 1. The fourth-order valence-electron chi connectivity index (χ4n) is 4.20. The van der Waals surface area contributed by atoms with Gasteiger partial charge < -0.3 is 9.30 Å². The van der Waals surface area contributed by atoms with Crippen LogP contribution < -0.4 is 11.2 Å². The van der Waals surface area contributed by atoms with E-state index in [1.165, 1.54) is 28.4 Å². The summed E-state index contributed by atoms with van der Waals surface area (Å²) in [5.41, 5.74) is 1.32. The minimum absolute atomic E-state index is 0.230. The van der Waals surface area contributed by atoms with E-state index < -0.39 is 0 Å². The Morgan fingerprint density at radius 1 is 1.23 bits per heavy atom. The van der Waals surface area contributed by atoms with E-state index in [1.807, 2.05) is 10.6 Å². The van der Waals surface area contributed by atoms with Crippen LogP contribution in [0.5, 0.6) is 0 Å². The van der Waals surface area contributed by atoms with Crippen molar-refractivity contribution in [3.63, 3.8) is 0 Å². The summed E-state index contributed by atoms with van der Waals surface area (Å²) in [6, 6.07) is 0.408. The number of methoxy groups -OCH3 is 1. The van der Waals surface area contributed by atoms with Crippen molar-refractivity contribution in [2.24, 2.45) is 7.05 Å². The molecule has 1 fully saturated rings. The summed E-state index contributed by atoms with van der Waals surface area (Å²) in [7, 11) is 3.22. The van der Waals surface area contributed by atoms with Gasteiger partial charge in [0.05, 0.1) is 13.2 Å². The van der Waals surface area contributed by atoms with E-state index in [2.05, 4.69) is 11.5 Å². The van der Waals surface area contributed by atoms with Gasteiger partial charge in [-0.05, 0) is 19.8 Å². The summed E-state index contributed by atoms with van der Waals surface area (Å²) in [4.78, 5) is 30.3. The quantitative estimate of drug-likeness (QED) is 0.709. The highest BCUT2D eigenvalue weighted by atomic mass is 16.5. The summed E-state index contributed by atoms with van der Waals surface area (Å²) in [5.74, 6) is 0.751. The molecule has 0 saturated heterocycles. The Morgan fingerprint density at radius 3 is 2.65 bits per heavy atom. The van der Waals surface area contributed by atoms with Crippen LogP contribution in [0.4, 0.5) is 0 Å². The molecule has 4 rings (SSSR count). The molecule has 3 heterocycles. The minimum atomic E-state index is -0.360. The Bertz CT molecular complexity index is 1080. The van der Waals surface area contributed by atoms with Crippen molar-refractivity contribution < 1.29 is 4.74 Å². The molecule has 3 aromatic heterocycles. The van der Waals surface area contributed by atoms with Gasteiger partial charge in [0.25, 0.3) is 5.56 Å². The molecule has 8 nitrogen and oxygen atoms in total. The Kier molecular flexibility index (Phi) is 4.22. The lowest BCUT2D eigenvalue weighted by Gasteiger charge is -2.24. The van der Waals surface area contributed by atoms with Crippen molar-refractivity contribution in [1.82, 2.24) is 23.1 Å². The summed E-state index contributed by atoms with van der Waals surface area (Å²) < 4.78 is 11.8. The monoisotopic (exact) mass is 359 g/mol. The van der Waals surface area contributed by atoms with Crippen LogP contribution in [0.1, 0.15) is 43.8 Å². The lowest BCUT2D eigenvalue weighted by atomic mass is 9.95. The largest absolute Gasteiger partial charge is 0.383 e. The normalized spacial score (nSPS) is 16.1. The van der Waals surface area contributed by atoms with Crippen LogP contribution >= 0.6 is 0 Å². The number of nitrogens with zero attached hydrogens (tertiary/aromatic N) is 5. The summed E-state index contributed by atoms with van der Waals surface area (Å²) in [6.45, 7) is 2.60. The Labute approximate surface area is 150 Å². The first-order valence-electron chi connectivity index (χ1n) is 9.23. The maximum Gasteiger partial charge on any atom is 0.332 e. The number of fused-ring (bicyclic) bond motifs is 3. The van der Waals surface area contributed by atoms with Gasteiger partial charge in [-0.3, -0.25) is 18.3 Å². The first kappa shape index (κ1) is 17.1. The zero-order valence-corrected chi connectivity index (χ0v) is 15.6. The van der Waals surface area contributed by atoms with Gasteiger partial charge in [-0.15, -0.1) is 0 Å². The van der Waals surface area contributed by atoms with Gasteiger partial charge in [-0.2, -0.15) is 4.98 Å². The standard InChI is InChI=1S/C18H25N5O3/c1-12-11-22-14-15(19-17(22)23(12)13-7-5-4-6-8-13)20(2)18(25)21(16(14)24)9-10-26-3/h11,13H,4-10H2,1-3H3. The highest BCUT2D eigenvalue weighted by Gasteiger charge is 2.24.